The second kappa shape index (κ2) is 10.5. The van der Waals surface area contributed by atoms with Gasteiger partial charge in [-0.3, -0.25) is 14.9 Å². The summed E-state index contributed by atoms with van der Waals surface area (Å²) in [4.78, 5) is 22.8. The first-order chi connectivity index (χ1) is 12.3. The molecule has 1 amide bonds. The van der Waals surface area contributed by atoms with Crippen molar-refractivity contribution in [2.24, 2.45) is 5.92 Å². The number of rotatable bonds is 11. The van der Waals surface area contributed by atoms with E-state index in [1.54, 1.807) is 0 Å². The van der Waals surface area contributed by atoms with Crippen LogP contribution < -0.4 is 14.8 Å². The number of nitro benzene ring substituents is 1. The lowest BCUT2D eigenvalue weighted by Gasteiger charge is -2.16. The van der Waals surface area contributed by atoms with Gasteiger partial charge in [-0.1, -0.05) is 33.1 Å². The van der Waals surface area contributed by atoms with Crippen LogP contribution in [0, 0.1) is 16.0 Å². The van der Waals surface area contributed by atoms with Crippen molar-refractivity contribution in [1.82, 2.24) is 5.32 Å². The molecule has 0 radical (unpaired) electrons. The number of nitrogens with zero attached hydrogens (tertiary/aromatic N) is 1. The SMILES string of the molecule is CCCCC(CC)CNC(=O)c1cc(OC)c(OC(F)F)cc1[N+](=O)[O-]. The molecule has 1 N–H and O–H groups in total. The smallest absolute Gasteiger partial charge is 0.387 e. The van der Waals surface area contributed by atoms with E-state index in [1.165, 1.54) is 7.11 Å². The summed E-state index contributed by atoms with van der Waals surface area (Å²) in [6.45, 7) is 1.29. The molecular formula is C17H24F2N2O5. The van der Waals surface area contributed by atoms with Crippen LogP contribution in [0.25, 0.3) is 0 Å². The molecule has 7 nitrogen and oxygen atoms in total. The number of carbonyl (C=O) groups excluding carboxylic acids is 1. The zero-order valence-corrected chi connectivity index (χ0v) is 15.1. The highest BCUT2D eigenvalue weighted by atomic mass is 19.3. The number of halogens is 2. The maximum Gasteiger partial charge on any atom is 0.387 e. The van der Waals surface area contributed by atoms with Gasteiger partial charge in [-0.25, -0.2) is 0 Å². The van der Waals surface area contributed by atoms with Crippen LogP contribution in [-0.4, -0.2) is 31.1 Å². The molecule has 26 heavy (non-hydrogen) atoms. The Morgan fingerprint density at radius 1 is 1.31 bits per heavy atom. The second-order valence-electron chi connectivity index (χ2n) is 5.78. The first kappa shape index (κ1) is 21.6. The average Bonchev–Trinajstić information content (AvgIpc) is 2.60. The Labute approximate surface area is 150 Å². The Balaban J connectivity index is 3.05. The molecule has 146 valence electrons. The Kier molecular flexibility index (Phi) is 8.74. The summed E-state index contributed by atoms with van der Waals surface area (Å²) in [5.74, 6) is -1.07. The molecule has 0 saturated heterocycles. The highest BCUT2D eigenvalue weighted by molar-refractivity contribution is 5.99. The van der Waals surface area contributed by atoms with Crippen molar-refractivity contribution in [2.75, 3.05) is 13.7 Å². The Morgan fingerprint density at radius 2 is 2.00 bits per heavy atom. The minimum absolute atomic E-state index is 0.181. The molecule has 0 heterocycles. The van der Waals surface area contributed by atoms with Crippen LogP contribution in [0.2, 0.25) is 0 Å². The van der Waals surface area contributed by atoms with Crippen molar-refractivity contribution < 1.29 is 28.0 Å². The number of benzene rings is 1. The minimum atomic E-state index is -3.17. The number of nitro groups is 1. The van der Waals surface area contributed by atoms with E-state index in [4.69, 9.17) is 4.74 Å². The molecule has 0 bridgehead atoms. The van der Waals surface area contributed by atoms with Crippen molar-refractivity contribution >= 4 is 11.6 Å². The summed E-state index contributed by atoms with van der Waals surface area (Å²) < 4.78 is 34.0. The van der Waals surface area contributed by atoms with Crippen molar-refractivity contribution in [3.05, 3.63) is 27.8 Å². The standard InChI is InChI=1S/C17H24F2N2O5/c1-4-6-7-11(5-2)10-20-16(22)12-8-14(25-3)15(26-17(18)19)9-13(12)21(23)24/h8-9,11,17H,4-7,10H2,1-3H3,(H,20,22). The third kappa shape index (κ3) is 6.12. The van der Waals surface area contributed by atoms with Gasteiger partial charge >= 0.3 is 6.61 Å². The minimum Gasteiger partial charge on any atom is -0.493 e. The molecular weight excluding hydrogens is 350 g/mol. The van der Waals surface area contributed by atoms with E-state index in [9.17, 15) is 23.7 Å². The molecule has 1 aromatic carbocycles. The lowest BCUT2D eigenvalue weighted by molar-refractivity contribution is -0.385. The van der Waals surface area contributed by atoms with Gasteiger partial charge in [-0.15, -0.1) is 0 Å². The zero-order valence-electron chi connectivity index (χ0n) is 15.1. The van der Waals surface area contributed by atoms with Crippen molar-refractivity contribution in [1.29, 1.82) is 0 Å². The van der Waals surface area contributed by atoms with Gasteiger partial charge in [-0.2, -0.15) is 8.78 Å². The van der Waals surface area contributed by atoms with Gasteiger partial charge in [-0.05, 0) is 12.3 Å². The van der Waals surface area contributed by atoms with Crippen molar-refractivity contribution in [2.45, 2.75) is 46.1 Å². The van der Waals surface area contributed by atoms with Crippen LogP contribution in [-0.2, 0) is 0 Å². The molecule has 1 aromatic rings. The van der Waals surface area contributed by atoms with Gasteiger partial charge in [0.2, 0.25) is 0 Å². The zero-order chi connectivity index (χ0) is 19.7. The normalized spacial score (nSPS) is 11.9. The van der Waals surface area contributed by atoms with Crippen LogP contribution in [0.1, 0.15) is 49.9 Å². The summed E-state index contributed by atoms with van der Waals surface area (Å²) in [6, 6.07) is 1.81. The van der Waals surface area contributed by atoms with Gasteiger partial charge in [0.05, 0.1) is 18.1 Å². The molecule has 0 aliphatic heterocycles. The number of nitrogens with one attached hydrogen (secondary N) is 1. The summed E-state index contributed by atoms with van der Waals surface area (Å²) >= 11 is 0. The van der Waals surface area contributed by atoms with Crippen LogP contribution in [0.5, 0.6) is 11.5 Å². The maximum atomic E-state index is 12.5. The second-order valence-corrected chi connectivity index (χ2v) is 5.78. The van der Waals surface area contributed by atoms with E-state index >= 15 is 0 Å². The van der Waals surface area contributed by atoms with E-state index in [0.717, 1.165) is 37.8 Å². The highest BCUT2D eigenvalue weighted by Crippen LogP contribution is 2.35. The van der Waals surface area contributed by atoms with Gasteiger partial charge in [0, 0.05) is 12.6 Å². The van der Waals surface area contributed by atoms with Crippen molar-refractivity contribution in [3.63, 3.8) is 0 Å². The van der Waals surface area contributed by atoms with Gasteiger partial charge in [0.25, 0.3) is 11.6 Å². The molecule has 0 aliphatic rings. The largest absolute Gasteiger partial charge is 0.493 e. The highest BCUT2D eigenvalue weighted by Gasteiger charge is 2.26. The fourth-order valence-corrected chi connectivity index (χ4v) is 2.51. The van der Waals surface area contributed by atoms with E-state index in [1.807, 2.05) is 6.92 Å². The molecule has 0 saturated carbocycles. The van der Waals surface area contributed by atoms with Crippen LogP contribution in [0.15, 0.2) is 12.1 Å². The van der Waals surface area contributed by atoms with Gasteiger partial charge in [0.1, 0.15) is 5.56 Å². The average molecular weight is 374 g/mol. The van der Waals surface area contributed by atoms with Gasteiger partial charge in [0.15, 0.2) is 11.5 Å². The molecule has 0 fully saturated rings. The maximum absolute atomic E-state index is 12.5. The number of hydrogen-bond donors (Lipinski definition) is 1. The van der Waals surface area contributed by atoms with E-state index in [2.05, 4.69) is 17.0 Å². The molecule has 9 heteroatoms. The molecule has 0 spiro atoms. The summed E-state index contributed by atoms with van der Waals surface area (Å²) in [6.07, 6.45) is 3.88. The van der Waals surface area contributed by atoms with E-state index in [-0.39, 0.29) is 17.2 Å². The number of unbranched alkanes of at least 4 members (excludes halogenated alkanes) is 1. The third-order valence-corrected chi connectivity index (χ3v) is 4.03. The fourth-order valence-electron chi connectivity index (χ4n) is 2.51. The Hall–Kier alpha value is -2.45. The summed E-state index contributed by atoms with van der Waals surface area (Å²) in [5.41, 5.74) is -0.889. The molecule has 0 aromatic heterocycles. The molecule has 1 rings (SSSR count). The lowest BCUT2D eigenvalue weighted by Crippen LogP contribution is -2.29. The quantitative estimate of drug-likeness (QED) is 0.464. The number of ether oxygens (including phenoxy) is 2. The molecule has 0 aliphatic carbocycles. The number of methoxy groups -OCH3 is 1. The molecule has 1 atom stereocenters. The Morgan fingerprint density at radius 3 is 2.50 bits per heavy atom. The number of amides is 1. The Bertz CT molecular complexity index is 625. The summed E-state index contributed by atoms with van der Waals surface area (Å²) in [5, 5.41) is 13.9. The first-order valence-corrected chi connectivity index (χ1v) is 8.43. The topological polar surface area (TPSA) is 90.7 Å². The molecule has 1 unspecified atom stereocenters. The van der Waals surface area contributed by atoms with Crippen LogP contribution >= 0.6 is 0 Å². The summed E-state index contributed by atoms with van der Waals surface area (Å²) in [7, 11) is 1.19. The number of carbonyl (C=O) groups is 1. The van der Waals surface area contributed by atoms with E-state index < -0.39 is 28.9 Å². The van der Waals surface area contributed by atoms with Crippen LogP contribution in [0.3, 0.4) is 0 Å². The lowest BCUT2D eigenvalue weighted by atomic mass is 9.99. The fraction of sp³-hybridized carbons (Fsp3) is 0.588. The van der Waals surface area contributed by atoms with Crippen molar-refractivity contribution in [3.8, 4) is 11.5 Å². The van der Waals surface area contributed by atoms with Crippen LogP contribution in [0.4, 0.5) is 14.5 Å². The predicted octanol–water partition coefficient (Wildman–Crippen LogP) is 4.15. The first-order valence-electron chi connectivity index (χ1n) is 8.43. The number of hydrogen-bond acceptors (Lipinski definition) is 5. The van der Waals surface area contributed by atoms with Gasteiger partial charge < -0.3 is 14.8 Å². The predicted molar refractivity (Wildman–Crippen MR) is 91.9 cm³/mol. The van der Waals surface area contributed by atoms with E-state index in [0.29, 0.717) is 6.54 Å². The monoisotopic (exact) mass is 374 g/mol. The number of alkyl halides is 2. The third-order valence-electron chi connectivity index (χ3n) is 4.03.